The number of halogens is 3. The molecule has 0 spiro atoms. The monoisotopic (exact) mass is 606 g/mol. The van der Waals surface area contributed by atoms with E-state index in [0.29, 0.717) is 36.7 Å². The molecule has 2 amide bonds. The van der Waals surface area contributed by atoms with Crippen LogP contribution in [0.1, 0.15) is 55.8 Å². The lowest BCUT2D eigenvalue weighted by molar-refractivity contribution is -0.141. The molecule has 2 N–H and O–H groups in total. The van der Waals surface area contributed by atoms with Crippen molar-refractivity contribution in [3.05, 3.63) is 47.9 Å². The minimum Gasteiger partial charge on any atom is -0.494 e. The van der Waals surface area contributed by atoms with E-state index >= 15 is 0 Å². The van der Waals surface area contributed by atoms with Crippen molar-refractivity contribution in [2.45, 2.75) is 51.4 Å². The quantitative estimate of drug-likeness (QED) is 0.313. The minimum atomic E-state index is -4.66. The van der Waals surface area contributed by atoms with Gasteiger partial charge in [0, 0.05) is 43.8 Å². The van der Waals surface area contributed by atoms with Crippen LogP contribution in [-0.4, -0.2) is 83.8 Å². The number of aromatic nitrogens is 3. The van der Waals surface area contributed by atoms with Crippen LogP contribution in [-0.2, 0) is 15.7 Å². The zero-order valence-corrected chi connectivity index (χ0v) is 24.7. The second-order valence-electron chi connectivity index (χ2n) is 11.2. The largest absolute Gasteiger partial charge is 0.494 e. The molecule has 0 aliphatic carbocycles. The Morgan fingerprint density at radius 1 is 1.09 bits per heavy atom. The first-order valence-electron chi connectivity index (χ1n) is 14.0. The summed E-state index contributed by atoms with van der Waals surface area (Å²) < 4.78 is 57.3. The van der Waals surface area contributed by atoms with Crippen LogP contribution in [0.15, 0.2) is 36.5 Å². The number of hydrogen-bond acceptors (Lipinski definition) is 8. The Morgan fingerprint density at radius 2 is 1.84 bits per heavy atom. The summed E-state index contributed by atoms with van der Waals surface area (Å²) in [5.41, 5.74) is -1.07. The first kappa shape index (κ1) is 32.0. The fourth-order valence-corrected chi connectivity index (χ4v) is 4.67. The summed E-state index contributed by atoms with van der Waals surface area (Å²) in [6.45, 7) is 9.28. The molecule has 0 saturated carbocycles. The van der Waals surface area contributed by atoms with Gasteiger partial charge in [0.2, 0.25) is 0 Å². The third-order valence-corrected chi connectivity index (χ3v) is 6.76. The number of carbonyl (C=O) groups is 2. The molecule has 1 fully saturated rings. The van der Waals surface area contributed by atoms with Gasteiger partial charge in [-0.1, -0.05) is 6.07 Å². The van der Waals surface area contributed by atoms with E-state index in [1.807, 2.05) is 31.6 Å². The Labute approximate surface area is 247 Å². The van der Waals surface area contributed by atoms with E-state index in [9.17, 15) is 22.8 Å². The summed E-state index contributed by atoms with van der Waals surface area (Å²) in [6.07, 6.45) is -1.45. The molecule has 3 heterocycles. The molecule has 1 saturated heterocycles. The molecule has 4 rings (SSSR count). The van der Waals surface area contributed by atoms with Gasteiger partial charge < -0.3 is 29.7 Å². The number of methoxy groups -OCH3 is 1. The zero-order valence-electron chi connectivity index (χ0n) is 24.7. The summed E-state index contributed by atoms with van der Waals surface area (Å²) in [7, 11) is 1.44. The Hall–Kier alpha value is -3.91. The number of nitrogens with zero attached hydrogens (tertiary/aromatic N) is 4. The number of rotatable bonds is 10. The lowest BCUT2D eigenvalue weighted by atomic mass is 10.1. The molecular formula is C29H37F3N6O5. The SMILES string of the molecule is COc1cc2nn(C3CCN(CCOCCNC(=O)OC(C)(C)C)CC3)cc2cc1NC(=O)c1cccc(C(F)(F)F)n1. The third-order valence-electron chi connectivity index (χ3n) is 6.76. The number of amides is 2. The van der Waals surface area contributed by atoms with Crippen LogP contribution < -0.4 is 15.4 Å². The number of carbonyl (C=O) groups excluding carboxylic acids is 2. The molecule has 0 atom stereocenters. The van der Waals surface area contributed by atoms with E-state index in [-0.39, 0.29) is 11.7 Å². The van der Waals surface area contributed by atoms with Gasteiger partial charge in [-0.25, -0.2) is 9.78 Å². The fourth-order valence-electron chi connectivity index (χ4n) is 4.67. The average molecular weight is 607 g/mol. The number of benzene rings is 1. The highest BCUT2D eigenvalue weighted by molar-refractivity contribution is 6.05. The lowest BCUT2D eigenvalue weighted by Crippen LogP contribution is -2.37. The number of pyridine rings is 1. The minimum absolute atomic E-state index is 0.181. The molecule has 1 aliphatic rings. The third kappa shape index (κ3) is 9.04. The number of alkyl carbamates (subject to hydrolysis) is 1. The van der Waals surface area contributed by atoms with Crippen molar-refractivity contribution in [3.8, 4) is 5.75 Å². The number of nitrogens with one attached hydrogen (secondary N) is 2. The van der Waals surface area contributed by atoms with Gasteiger partial charge in [0.1, 0.15) is 22.7 Å². The Balaban J connectivity index is 1.28. The van der Waals surface area contributed by atoms with Gasteiger partial charge in [0.05, 0.1) is 37.6 Å². The highest BCUT2D eigenvalue weighted by Crippen LogP contribution is 2.32. The summed E-state index contributed by atoms with van der Waals surface area (Å²) in [5.74, 6) is -0.457. The van der Waals surface area contributed by atoms with Gasteiger partial charge >= 0.3 is 12.3 Å². The lowest BCUT2D eigenvalue weighted by Gasteiger charge is -2.31. The Morgan fingerprint density at radius 3 is 2.51 bits per heavy atom. The smallest absolute Gasteiger partial charge is 0.433 e. The molecule has 0 bridgehead atoms. The summed E-state index contributed by atoms with van der Waals surface area (Å²) >= 11 is 0. The van der Waals surface area contributed by atoms with Crippen molar-refractivity contribution >= 4 is 28.6 Å². The van der Waals surface area contributed by atoms with Gasteiger partial charge in [-0.3, -0.25) is 9.48 Å². The molecule has 3 aromatic rings. The Kier molecular flexibility index (Phi) is 10.1. The predicted octanol–water partition coefficient (Wildman–Crippen LogP) is 4.89. The van der Waals surface area contributed by atoms with Crippen molar-refractivity contribution in [1.29, 1.82) is 0 Å². The molecule has 43 heavy (non-hydrogen) atoms. The van der Waals surface area contributed by atoms with Crippen LogP contribution in [0.4, 0.5) is 23.7 Å². The fraction of sp³-hybridized carbons (Fsp3) is 0.517. The maximum Gasteiger partial charge on any atom is 0.433 e. The second-order valence-corrected chi connectivity index (χ2v) is 11.2. The van der Waals surface area contributed by atoms with Crippen molar-refractivity contribution in [2.24, 2.45) is 0 Å². The maximum absolute atomic E-state index is 13.0. The van der Waals surface area contributed by atoms with Crippen LogP contribution in [0.2, 0.25) is 0 Å². The normalized spacial score (nSPS) is 15.0. The summed E-state index contributed by atoms with van der Waals surface area (Å²) in [6, 6.07) is 6.72. The molecule has 11 nitrogen and oxygen atoms in total. The van der Waals surface area contributed by atoms with Gasteiger partial charge in [-0.05, 0) is 51.8 Å². The predicted molar refractivity (Wildman–Crippen MR) is 153 cm³/mol. The van der Waals surface area contributed by atoms with Gasteiger partial charge in [-0.15, -0.1) is 0 Å². The van der Waals surface area contributed by atoms with Crippen LogP contribution in [0.5, 0.6) is 5.75 Å². The molecule has 234 valence electrons. The highest BCUT2D eigenvalue weighted by atomic mass is 19.4. The van der Waals surface area contributed by atoms with E-state index in [1.54, 1.807) is 12.1 Å². The number of ether oxygens (including phenoxy) is 3. The molecule has 0 unspecified atom stereocenters. The molecule has 1 aliphatic heterocycles. The molecular weight excluding hydrogens is 569 g/mol. The maximum atomic E-state index is 13.0. The average Bonchev–Trinajstić information content (AvgIpc) is 3.36. The number of fused-ring (bicyclic) bond motifs is 1. The number of alkyl halides is 3. The van der Waals surface area contributed by atoms with Crippen LogP contribution in [0.25, 0.3) is 10.9 Å². The van der Waals surface area contributed by atoms with Gasteiger partial charge in [-0.2, -0.15) is 18.3 Å². The molecule has 14 heteroatoms. The molecule has 2 aromatic heterocycles. The van der Waals surface area contributed by atoms with Crippen LogP contribution in [0.3, 0.4) is 0 Å². The summed E-state index contributed by atoms with van der Waals surface area (Å²) in [5, 5.41) is 10.8. The zero-order chi connectivity index (χ0) is 31.2. The summed E-state index contributed by atoms with van der Waals surface area (Å²) in [4.78, 5) is 30.2. The van der Waals surface area contributed by atoms with Crippen molar-refractivity contribution < 1.29 is 37.0 Å². The van der Waals surface area contributed by atoms with E-state index in [0.717, 1.165) is 50.0 Å². The number of likely N-dealkylation sites (tertiary alicyclic amines) is 1. The van der Waals surface area contributed by atoms with E-state index in [4.69, 9.17) is 19.3 Å². The number of anilines is 1. The van der Waals surface area contributed by atoms with Gasteiger partial charge in [0.25, 0.3) is 5.91 Å². The topological polar surface area (TPSA) is 120 Å². The van der Waals surface area contributed by atoms with Crippen LogP contribution >= 0.6 is 0 Å². The van der Waals surface area contributed by atoms with Crippen molar-refractivity contribution in [2.75, 3.05) is 51.8 Å². The first-order chi connectivity index (χ1) is 20.3. The molecule has 0 radical (unpaired) electrons. The van der Waals surface area contributed by atoms with E-state index in [1.165, 1.54) is 13.2 Å². The Bertz CT molecular complexity index is 1410. The highest BCUT2D eigenvalue weighted by Gasteiger charge is 2.33. The van der Waals surface area contributed by atoms with Gasteiger partial charge in [0.15, 0.2) is 0 Å². The van der Waals surface area contributed by atoms with E-state index in [2.05, 4.69) is 20.5 Å². The standard InChI is InChI=1S/C29H37F3N6O5/c1-28(2,3)43-27(40)33-10-14-42-15-13-37-11-8-20(9-12-37)38-18-19-16-23(24(41-4)17-22(19)36-38)35-26(39)21-6-5-7-25(34-21)29(30,31)32/h5-7,16-18,20H,8-15H2,1-4H3,(H,33,40)(H,35,39). The second kappa shape index (κ2) is 13.6. The van der Waals surface area contributed by atoms with Crippen molar-refractivity contribution in [1.82, 2.24) is 25.0 Å². The first-order valence-corrected chi connectivity index (χ1v) is 14.0. The van der Waals surface area contributed by atoms with E-state index < -0.39 is 29.5 Å². The number of piperidine rings is 1. The van der Waals surface area contributed by atoms with Crippen LogP contribution in [0, 0.1) is 0 Å². The molecule has 1 aromatic carbocycles. The number of hydrogen-bond donors (Lipinski definition) is 2. The van der Waals surface area contributed by atoms with Crippen molar-refractivity contribution in [3.63, 3.8) is 0 Å².